The summed E-state index contributed by atoms with van der Waals surface area (Å²) in [5, 5.41) is 8.86. The minimum Gasteiger partial charge on any atom is -0.455 e. The van der Waals surface area contributed by atoms with Crippen LogP contribution in [0.2, 0.25) is 0 Å². The molecule has 2 aromatic rings. The number of ether oxygens (including phenoxy) is 1. The predicted molar refractivity (Wildman–Crippen MR) is 103 cm³/mol. The number of para-hydroxylation sites is 2. The third kappa shape index (κ3) is 4.83. The average molecular weight is 368 g/mol. The molecule has 7 heteroatoms. The van der Waals surface area contributed by atoms with Gasteiger partial charge in [-0.2, -0.15) is 0 Å². The maximum Gasteiger partial charge on any atom is 0.269 e. The minimum absolute atomic E-state index is 0.000165. The van der Waals surface area contributed by atoms with Crippen LogP contribution >= 0.6 is 0 Å². The van der Waals surface area contributed by atoms with Gasteiger partial charge in [-0.3, -0.25) is 14.6 Å². The molecular weight excluding hydrogens is 344 g/mol. The van der Waals surface area contributed by atoms with Crippen LogP contribution in [-0.2, 0) is 4.79 Å². The van der Waals surface area contributed by atoms with Gasteiger partial charge in [0.2, 0.25) is 5.91 Å². The van der Waals surface area contributed by atoms with Gasteiger partial charge >= 0.3 is 0 Å². The van der Waals surface area contributed by atoms with Gasteiger partial charge in [-0.15, -0.1) is 0 Å². The highest BCUT2D eigenvalue weighted by molar-refractivity contribution is 5.94. The van der Waals surface area contributed by atoms with Crippen molar-refractivity contribution in [3.8, 4) is 11.5 Å². The first-order valence-corrected chi connectivity index (χ1v) is 9.06. The third-order valence-electron chi connectivity index (χ3n) is 4.56. The number of hydrogen-bond acceptors (Lipinski definition) is 5. The second-order valence-electron chi connectivity index (χ2n) is 6.62. The van der Waals surface area contributed by atoms with Gasteiger partial charge < -0.3 is 20.7 Å². The lowest BCUT2D eigenvalue weighted by atomic mass is 9.92. The molecule has 3 N–H and O–H groups in total. The molecule has 0 aliphatic carbocycles. The number of aromatic nitrogens is 1. The van der Waals surface area contributed by atoms with Gasteiger partial charge in [0.15, 0.2) is 5.75 Å². The quantitative estimate of drug-likeness (QED) is 0.754. The van der Waals surface area contributed by atoms with Gasteiger partial charge in [0.1, 0.15) is 11.4 Å². The number of carbonyl (C=O) groups excluding carboxylic acids is 2. The Labute approximate surface area is 158 Å². The van der Waals surface area contributed by atoms with Crippen LogP contribution in [-0.4, -0.2) is 36.4 Å². The van der Waals surface area contributed by atoms with Gasteiger partial charge in [-0.05, 0) is 44.5 Å². The standard InChI is InChI=1S/C20H24N4O3/c1-13-11-14(7-9-22-13)19(25)24-16-5-3-4-6-18(16)27-15-8-10-23-17(12-15)20(26)21-2/h3-6,8,10,12-14,22H,7,9,11H2,1-2H3,(H,21,26)(H,24,25)/t13-,14-/m0/s1. The molecule has 1 saturated heterocycles. The molecular formula is C20H24N4O3. The predicted octanol–water partition coefficient (Wildman–Crippen LogP) is 2.56. The van der Waals surface area contributed by atoms with Crippen LogP contribution in [0.25, 0.3) is 0 Å². The Kier molecular flexibility index (Phi) is 6.03. The molecule has 1 fully saturated rings. The monoisotopic (exact) mass is 368 g/mol. The topological polar surface area (TPSA) is 92.4 Å². The summed E-state index contributed by atoms with van der Waals surface area (Å²) in [5.74, 6) is 0.681. The number of hydrogen-bond donors (Lipinski definition) is 3. The van der Waals surface area contributed by atoms with Crippen LogP contribution < -0.4 is 20.7 Å². The van der Waals surface area contributed by atoms with E-state index in [1.807, 2.05) is 12.1 Å². The summed E-state index contributed by atoms with van der Waals surface area (Å²) >= 11 is 0. The SMILES string of the molecule is CNC(=O)c1cc(Oc2ccccc2NC(=O)[C@H]2CCN[C@@H](C)C2)ccn1. The van der Waals surface area contributed by atoms with Crippen molar-refractivity contribution in [2.75, 3.05) is 18.9 Å². The summed E-state index contributed by atoms with van der Waals surface area (Å²) < 4.78 is 5.91. The zero-order valence-corrected chi connectivity index (χ0v) is 15.5. The molecule has 1 aliphatic rings. The number of benzene rings is 1. The lowest BCUT2D eigenvalue weighted by Crippen LogP contribution is -2.40. The van der Waals surface area contributed by atoms with Crippen LogP contribution in [0.15, 0.2) is 42.6 Å². The van der Waals surface area contributed by atoms with E-state index in [2.05, 4.69) is 27.9 Å². The molecule has 142 valence electrons. The number of piperidine rings is 1. The van der Waals surface area contributed by atoms with Gasteiger partial charge in [-0.1, -0.05) is 12.1 Å². The van der Waals surface area contributed by atoms with E-state index >= 15 is 0 Å². The largest absolute Gasteiger partial charge is 0.455 e. The molecule has 0 radical (unpaired) electrons. The maximum atomic E-state index is 12.6. The summed E-state index contributed by atoms with van der Waals surface area (Å²) in [6, 6.07) is 10.8. The van der Waals surface area contributed by atoms with Crippen molar-refractivity contribution < 1.29 is 14.3 Å². The van der Waals surface area contributed by atoms with Crippen molar-refractivity contribution in [1.82, 2.24) is 15.6 Å². The van der Waals surface area contributed by atoms with Crippen LogP contribution in [0.3, 0.4) is 0 Å². The van der Waals surface area contributed by atoms with E-state index in [4.69, 9.17) is 4.74 Å². The molecule has 3 rings (SSSR count). The molecule has 0 spiro atoms. The van der Waals surface area contributed by atoms with Crippen LogP contribution in [0.1, 0.15) is 30.3 Å². The van der Waals surface area contributed by atoms with Gasteiger partial charge in [0.25, 0.3) is 5.91 Å². The molecule has 7 nitrogen and oxygen atoms in total. The number of carbonyl (C=O) groups is 2. The van der Waals surface area contributed by atoms with E-state index in [1.54, 1.807) is 31.3 Å². The second-order valence-corrected chi connectivity index (χ2v) is 6.62. The fourth-order valence-electron chi connectivity index (χ4n) is 3.12. The van der Waals surface area contributed by atoms with E-state index < -0.39 is 0 Å². The van der Waals surface area contributed by atoms with Gasteiger partial charge in [-0.25, -0.2) is 0 Å². The molecule has 1 aromatic carbocycles. The fraction of sp³-hybridized carbons (Fsp3) is 0.350. The Morgan fingerprint density at radius 1 is 1.26 bits per heavy atom. The van der Waals surface area contributed by atoms with Crippen LogP contribution in [0.5, 0.6) is 11.5 Å². The number of amides is 2. The molecule has 0 unspecified atom stereocenters. The number of rotatable bonds is 5. The Morgan fingerprint density at radius 2 is 2.07 bits per heavy atom. The van der Waals surface area contributed by atoms with Crippen molar-refractivity contribution in [2.24, 2.45) is 5.92 Å². The van der Waals surface area contributed by atoms with Crippen molar-refractivity contribution in [3.05, 3.63) is 48.3 Å². The molecule has 2 amide bonds. The summed E-state index contributed by atoms with van der Waals surface area (Å²) in [5.41, 5.74) is 0.868. The highest BCUT2D eigenvalue weighted by Crippen LogP contribution is 2.30. The average Bonchev–Trinajstić information content (AvgIpc) is 2.69. The number of anilines is 1. The van der Waals surface area contributed by atoms with Crippen molar-refractivity contribution in [2.45, 2.75) is 25.8 Å². The Morgan fingerprint density at radius 3 is 2.85 bits per heavy atom. The highest BCUT2D eigenvalue weighted by atomic mass is 16.5. The molecule has 0 bridgehead atoms. The van der Waals surface area contributed by atoms with Gasteiger partial charge in [0, 0.05) is 31.3 Å². The zero-order valence-electron chi connectivity index (χ0n) is 15.5. The summed E-state index contributed by atoms with van der Waals surface area (Å²) in [6.45, 7) is 2.93. The van der Waals surface area contributed by atoms with Crippen molar-refractivity contribution in [1.29, 1.82) is 0 Å². The molecule has 1 aromatic heterocycles. The smallest absolute Gasteiger partial charge is 0.269 e. The van der Waals surface area contributed by atoms with E-state index in [-0.39, 0.29) is 23.4 Å². The zero-order chi connectivity index (χ0) is 19.2. The summed E-state index contributed by atoms with van der Waals surface area (Å²) in [6.07, 6.45) is 3.14. The van der Waals surface area contributed by atoms with E-state index in [1.165, 1.54) is 6.20 Å². The molecule has 1 aliphatic heterocycles. The van der Waals surface area contributed by atoms with Crippen LogP contribution in [0.4, 0.5) is 5.69 Å². The highest BCUT2D eigenvalue weighted by Gasteiger charge is 2.25. The van der Waals surface area contributed by atoms with E-state index in [0.29, 0.717) is 23.2 Å². The normalized spacial score (nSPS) is 19.2. The molecule has 27 heavy (non-hydrogen) atoms. The van der Waals surface area contributed by atoms with Crippen molar-refractivity contribution >= 4 is 17.5 Å². The van der Waals surface area contributed by atoms with Crippen LogP contribution in [0, 0.1) is 5.92 Å². The Balaban J connectivity index is 1.74. The van der Waals surface area contributed by atoms with Gasteiger partial charge in [0.05, 0.1) is 5.69 Å². The van der Waals surface area contributed by atoms with E-state index in [0.717, 1.165) is 19.4 Å². The lowest BCUT2D eigenvalue weighted by molar-refractivity contribution is -0.120. The first kappa shape index (κ1) is 18.8. The third-order valence-corrected chi connectivity index (χ3v) is 4.56. The minimum atomic E-state index is -0.290. The number of pyridine rings is 1. The van der Waals surface area contributed by atoms with E-state index in [9.17, 15) is 9.59 Å². The summed E-state index contributed by atoms with van der Waals surface area (Å²) in [7, 11) is 1.55. The number of nitrogens with one attached hydrogen (secondary N) is 3. The summed E-state index contributed by atoms with van der Waals surface area (Å²) in [4.78, 5) is 28.4. The lowest BCUT2D eigenvalue weighted by Gasteiger charge is -2.27. The number of nitrogens with zero attached hydrogens (tertiary/aromatic N) is 1. The second kappa shape index (κ2) is 8.64. The first-order valence-electron chi connectivity index (χ1n) is 9.06. The Bertz CT molecular complexity index is 824. The fourth-order valence-corrected chi connectivity index (χ4v) is 3.12. The molecule has 0 saturated carbocycles. The molecule has 2 heterocycles. The first-order chi connectivity index (χ1) is 13.1. The Hall–Kier alpha value is -2.93. The van der Waals surface area contributed by atoms with Crippen molar-refractivity contribution in [3.63, 3.8) is 0 Å². The molecule has 2 atom stereocenters. The maximum absolute atomic E-state index is 12.6.